The highest BCUT2D eigenvalue weighted by atomic mass is 16.6. The van der Waals surface area contributed by atoms with Crippen LogP contribution in [0.2, 0.25) is 0 Å². The molecule has 0 aliphatic rings. The number of hydrogen-bond acceptors (Lipinski definition) is 8. The molecule has 0 bridgehead atoms. The van der Waals surface area contributed by atoms with E-state index in [1.165, 1.54) is 0 Å². The van der Waals surface area contributed by atoms with Crippen LogP contribution in [-0.4, -0.2) is 43.0 Å². The van der Waals surface area contributed by atoms with E-state index in [-0.39, 0.29) is 19.8 Å². The van der Waals surface area contributed by atoms with E-state index in [9.17, 15) is 14.4 Å². The Hall–Kier alpha value is -2.65. The summed E-state index contributed by atoms with van der Waals surface area (Å²) in [6, 6.07) is 0. The number of carbonyl (C=O) groups excluding carboxylic acids is 3. The van der Waals surface area contributed by atoms with Crippen molar-refractivity contribution in [2.24, 2.45) is 11.5 Å². The average molecular weight is 304 g/mol. The lowest BCUT2D eigenvalue weighted by Gasteiger charge is -2.23. The van der Waals surface area contributed by atoms with Gasteiger partial charge in [-0.3, -0.25) is 0 Å². The van der Waals surface area contributed by atoms with Crippen molar-refractivity contribution in [3.8, 4) is 0 Å². The summed E-state index contributed by atoms with van der Waals surface area (Å²) < 4.78 is 14.0. The second-order valence-electron chi connectivity index (χ2n) is 3.39. The van der Waals surface area contributed by atoms with Gasteiger partial charge in [0.2, 0.25) is 0 Å². The molecule has 0 heterocycles. The summed E-state index contributed by atoms with van der Waals surface area (Å²) in [6.07, 6.45) is -2.06. The van der Waals surface area contributed by atoms with Crippen LogP contribution in [0.15, 0.2) is 11.5 Å². The van der Waals surface area contributed by atoms with Crippen LogP contribution < -0.4 is 16.9 Å². The van der Waals surface area contributed by atoms with Gasteiger partial charge in [0.15, 0.2) is 5.70 Å². The van der Waals surface area contributed by atoms with E-state index in [1.807, 2.05) is 5.43 Å². The molecule has 0 unspecified atom stereocenters. The summed E-state index contributed by atoms with van der Waals surface area (Å²) in [7, 11) is 0. The maximum Gasteiger partial charge on any atom is 0.433 e. The first-order valence-electron chi connectivity index (χ1n) is 6.21. The van der Waals surface area contributed by atoms with Crippen molar-refractivity contribution in [3.63, 3.8) is 0 Å². The predicted molar refractivity (Wildman–Crippen MR) is 71.1 cm³/mol. The van der Waals surface area contributed by atoms with E-state index in [4.69, 9.17) is 20.9 Å². The summed E-state index contributed by atoms with van der Waals surface area (Å²) >= 11 is 0. The number of nitrogens with two attached hydrogens (primary N) is 2. The zero-order valence-corrected chi connectivity index (χ0v) is 12.2. The molecule has 0 fully saturated rings. The second kappa shape index (κ2) is 9.28. The van der Waals surface area contributed by atoms with E-state index in [2.05, 4.69) is 4.74 Å². The van der Waals surface area contributed by atoms with Crippen LogP contribution in [0, 0.1) is 0 Å². The minimum atomic E-state index is -1.07. The molecule has 0 aliphatic heterocycles. The third kappa shape index (κ3) is 5.89. The van der Waals surface area contributed by atoms with Gasteiger partial charge in [-0.25, -0.2) is 19.8 Å². The molecular weight excluding hydrogens is 284 g/mol. The third-order valence-corrected chi connectivity index (χ3v) is 1.89. The molecule has 5 N–H and O–H groups in total. The predicted octanol–water partition coefficient (Wildman–Crippen LogP) is -0.244. The van der Waals surface area contributed by atoms with Gasteiger partial charge < -0.3 is 25.7 Å². The van der Waals surface area contributed by atoms with Gasteiger partial charge in [-0.15, -0.1) is 0 Å². The zero-order valence-electron chi connectivity index (χ0n) is 12.2. The average Bonchev–Trinajstić information content (AvgIpc) is 2.38. The number of esters is 1. The molecule has 0 spiro atoms. The van der Waals surface area contributed by atoms with Crippen LogP contribution in [0.1, 0.15) is 20.8 Å². The van der Waals surface area contributed by atoms with E-state index < -0.39 is 29.7 Å². The summed E-state index contributed by atoms with van der Waals surface area (Å²) in [5, 5.41) is 0.439. The molecule has 0 atom stereocenters. The van der Waals surface area contributed by atoms with Crippen molar-refractivity contribution in [2.75, 3.05) is 19.8 Å². The first-order chi connectivity index (χ1) is 9.88. The number of rotatable bonds is 5. The molecule has 0 aromatic carbocycles. The zero-order chi connectivity index (χ0) is 16.4. The van der Waals surface area contributed by atoms with Gasteiger partial charge >= 0.3 is 18.2 Å². The van der Waals surface area contributed by atoms with Gasteiger partial charge in [-0.1, -0.05) is 0 Å². The van der Waals surface area contributed by atoms with Crippen LogP contribution in [-0.2, 0) is 19.0 Å². The molecule has 10 heteroatoms. The molecule has 0 aliphatic carbocycles. The molecule has 0 aromatic rings. The molecule has 21 heavy (non-hydrogen) atoms. The van der Waals surface area contributed by atoms with E-state index in [0.717, 1.165) is 0 Å². The maximum absolute atomic E-state index is 11.8. The Bertz CT molecular complexity index is 419. The fraction of sp³-hybridized carbons (Fsp3) is 0.545. The Labute approximate surface area is 121 Å². The lowest BCUT2D eigenvalue weighted by Crippen LogP contribution is -2.49. The number of nitrogens with one attached hydrogen (secondary N) is 1. The van der Waals surface area contributed by atoms with E-state index >= 15 is 0 Å². The number of amides is 2. The van der Waals surface area contributed by atoms with Crippen LogP contribution in [0.4, 0.5) is 9.59 Å². The first-order valence-corrected chi connectivity index (χ1v) is 6.21. The SMILES string of the molecule is CCOC(=O)NN(C(=O)OCC)C(C(=O)OCC)=C(N)N. The van der Waals surface area contributed by atoms with Crippen molar-refractivity contribution in [2.45, 2.75) is 20.8 Å². The van der Waals surface area contributed by atoms with Crippen LogP contribution in [0.5, 0.6) is 0 Å². The number of nitrogens with zero attached hydrogens (tertiary/aromatic N) is 1. The molecule has 0 aromatic heterocycles. The monoisotopic (exact) mass is 304 g/mol. The smallest absolute Gasteiger partial charge is 0.433 e. The van der Waals surface area contributed by atoms with Crippen LogP contribution in [0.3, 0.4) is 0 Å². The van der Waals surface area contributed by atoms with Crippen molar-refractivity contribution in [1.82, 2.24) is 10.4 Å². The minimum Gasteiger partial charge on any atom is -0.461 e. The Balaban J connectivity index is 5.41. The Morgan fingerprint density at radius 1 is 0.952 bits per heavy atom. The molecular formula is C11H20N4O6. The van der Waals surface area contributed by atoms with Crippen molar-refractivity contribution < 1.29 is 28.6 Å². The molecule has 0 radical (unpaired) electrons. The van der Waals surface area contributed by atoms with Crippen molar-refractivity contribution in [3.05, 3.63) is 11.5 Å². The summed E-state index contributed by atoms with van der Waals surface area (Å²) in [6.45, 7) is 4.73. The second-order valence-corrected chi connectivity index (χ2v) is 3.39. The topological polar surface area (TPSA) is 146 Å². The number of ether oxygens (including phenoxy) is 3. The largest absolute Gasteiger partial charge is 0.461 e. The summed E-state index contributed by atoms with van der Waals surface area (Å²) in [4.78, 5) is 35.0. The van der Waals surface area contributed by atoms with Gasteiger partial charge in [0.1, 0.15) is 5.82 Å². The van der Waals surface area contributed by atoms with Gasteiger partial charge in [-0.2, -0.15) is 5.01 Å². The first kappa shape index (κ1) is 18.4. The fourth-order valence-corrected chi connectivity index (χ4v) is 1.17. The number of hydrogen-bond donors (Lipinski definition) is 3. The molecule has 120 valence electrons. The maximum atomic E-state index is 11.8. The molecule has 0 saturated heterocycles. The molecule has 2 amide bonds. The van der Waals surface area contributed by atoms with Gasteiger partial charge in [0.05, 0.1) is 19.8 Å². The molecule has 10 nitrogen and oxygen atoms in total. The van der Waals surface area contributed by atoms with Crippen molar-refractivity contribution in [1.29, 1.82) is 0 Å². The highest BCUT2D eigenvalue weighted by Gasteiger charge is 2.30. The van der Waals surface area contributed by atoms with E-state index in [0.29, 0.717) is 5.01 Å². The number of hydrazine groups is 1. The van der Waals surface area contributed by atoms with Gasteiger partial charge in [-0.05, 0) is 20.8 Å². The quantitative estimate of drug-likeness (QED) is 0.273. The third-order valence-electron chi connectivity index (χ3n) is 1.89. The summed E-state index contributed by atoms with van der Waals surface area (Å²) in [5.41, 5.74) is 12.2. The summed E-state index contributed by atoms with van der Waals surface area (Å²) in [5.74, 6) is -1.53. The van der Waals surface area contributed by atoms with Crippen LogP contribution >= 0.6 is 0 Å². The van der Waals surface area contributed by atoms with Gasteiger partial charge in [0, 0.05) is 0 Å². The number of carbonyl (C=O) groups is 3. The fourth-order valence-electron chi connectivity index (χ4n) is 1.17. The Morgan fingerprint density at radius 3 is 1.90 bits per heavy atom. The van der Waals surface area contributed by atoms with Gasteiger partial charge in [0.25, 0.3) is 0 Å². The molecule has 0 saturated carbocycles. The Morgan fingerprint density at radius 2 is 1.48 bits per heavy atom. The highest BCUT2D eigenvalue weighted by Crippen LogP contribution is 2.08. The highest BCUT2D eigenvalue weighted by molar-refractivity contribution is 5.93. The lowest BCUT2D eigenvalue weighted by atomic mass is 10.4. The Kier molecular flexibility index (Phi) is 8.11. The van der Waals surface area contributed by atoms with Crippen molar-refractivity contribution >= 4 is 18.2 Å². The normalized spacial score (nSPS) is 9.29. The minimum absolute atomic E-state index is 0.000417. The van der Waals surface area contributed by atoms with Crippen LogP contribution in [0.25, 0.3) is 0 Å². The van der Waals surface area contributed by atoms with E-state index in [1.54, 1.807) is 20.8 Å². The lowest BCUT2D eigenvalue weighted by molar-refractivity contribution is -0.140. The molecule has 0 rings (SSSR count). The standard InChI is InChI=1S/C11H20N4O6/c1-4-19-9(16)7(8(12)13)15(11(18)21-6-3)14-10(17)20-5-2/h4-6,12-13H2,1-3H3,(H,14,17).